The molecule has 106 valence electrons. The first-order chi connectivity index (χ1) is 8.90. The summed E-state index contributed by atoms with van der Waals surface area (Å²) in [6.07, 6.45) is 0.143. The second-order valence-corrected chi connectivity index (χ2v) is 3.89. The normalized spacial score (nSPS) is 23.1. The van der Waals surface area contributed by atoms with Gasteiger partial charge in [-0.1, -0.05) is 0 Å². The van der Waals surface area contributed by atoms with Gasteiger partial charge in [-0.15, -0.1) is 0 Å². The highest BCUT2D eigenvalue weighted by atomic mass is 16.6. The highest BCUT2D eigenvalue weighted by Gasteiger charge is 2.37. The second kappa shape index (κ2) is 6.14. The number of nitro groups is 1. The zero-order valence-electron chi connectivity index (χ0n) is 10.4. The molecule has 0 amide bonds. The average Bonchev–Trinajstić information content (AvgIpc) is 2.74. The Morgan fingerprint density at radius 3 is 2.53 bits per heavy atom. The average molecular weight is 274 g/mol. The molecule has 0 aliphatic carbocycles. The van der Waals surface area contributed by atoms with Crippen molar-refractivity contribution in [3.8, 4) is 0 Å². The van der Waals surface area contributed by atoms with Crippen molar-refractivity contribution in [2.24, 2.45) is 0 Å². The van der Waals surface area contributed by atoms with Crippen LogP contribution in [0.4, 0.5) is 0 Å². The first-order valence-electron chi connectivity index (χ1n) is 5.36. The van der Waals surface area contributed by atoms with Gasteiger partial charge in [-0.25, -0.2) is 9.59 Å². The van der Waals surface area contributed by atoms with Gasteiger partial charge in [0.2, 0.25) is 0 Å². The summed E-state index contributed by atoms with van der Waals surface area (Å²) in [5.74, 6) is -1.77. The molecule has 1 rings (SSSR count). The van der Waals surface area contributed by atoms with Crippen molar-refractivity contribution >= 4 is 11.9 Å². The van der Waals surface area contributed by atoms with E-state index in [1.165, 1.54) is 12.0 Å². The summed E-state index contributed by atoms with van der Waals surface area (Å²) in [7, 11) is 2.18. The molecule has 19 heavy (non-hydrogen) atoms. The molecule has 0 aromatic heterocycles. The molecule has 1 aliphatic heterocycles. The fourth-order valence-corrected chi connectivity index (χ4v) is 1.78. The fourth-order valence-electron chi connectivity index (χ4n) is 1.78. The van der Waals surface area contributed by atoms with Crippen molar-refractivity contribution in [2.75, 3.05) is 20.8 Å². The van der Waals surface area contributed by atoms with Gasteiger partial charge >= 0.3 is 17.6 Å². The summed E-state index contributed by atoms with van der Waals surface area (Å²) in [6, 6.07) is -0.861. The van der Waals surface area contributed by atoms with Gasteiger partial charge in [-0.2, -0.15) is 0 Å². The first kappa shape index (κ1) is 14.9. The molecule has 1 saturated heterocycles. The van der Waals surface area contributed by atoms with Gasteiger partial charge < -0.3 is 19.5 Å². The molecule has 0 aromatic carbocycles. The van der Waals surface area contributed by atoms with E-state index in [1.807, 2.05) is 0 Å². The number of aliphatic hydroxyl groups excluding tert-OH is 1. The molecular formula is C10H14N2O7. The number of hydrogen-bond donors (Lipinski definition) is 1. The minimum atomic E-state index is -1.13. The number of rotatable bonds is 4. The summed E-state index contributed by atoms with van der Waals surface area (Å²) in [6.45, 7) is -0.00585. The molecule has 0 radical (unpaired) electrons. The predicted octanol–water partition coefficient (Wildman–Crippen LogP) is -1.11. The van der Waals surface area contributed by atoms with Gasteiger partial charge in [0.15, 0.2) is 0 Å². The minimum absolute atomic E-state index is 0.00585. The lowest BCUT2D eigenvalue weighted by molar-refractivity contribution is -0.422. The highest BCUT2D eigenvalue weighted by molar-refractivity contribution is 5.85. The van der Waals surface area contributed by atoms with E-state index in [1.54, 1.807) is 0 Å². The Morgan fingerprint density at radius 2 is 2.05 bits per heavy atom. The predicted molar refractivity (Wildman–Crippen MR) is 60.2 cm³/mol. The van der Waals surface area contributed by atoms with Crippen LogP contribution in [0.25, 0.3) is 0 Å². The van der Waals surface area contributed by atoms with Gasteiger partial charge in [-0.3, -0.25) is 10.1 Å². The maximum absolute atomic E-state index is 11.5. The summed E-state index contributed by atoms with van der Waals surface area (Å²) >= 11 is 0. The Hall–Kier alpha value is -2.16. The van der Waals surface area contributed by atoms with Crippen molar-refractivity contribution in [1.82, 2.24) is 4.90 Å². The van der Waals surface area contributed by atoms with E-state index in [2.05, 4.69) is 9.47 Å². The van der Waals surface area contributed by atoms with Crippen LogP contribution in [0, 0.1) is 10.1 Å². The van der Waals surface area contributed by atoms with E-state index in [4.69, 9.17) is 0 Å². The lowest BCUT2D eigenvalue weighted by Gasteiger charge is -2.19. The van der Waals surface area contributed by atoms with Crippen LogP contribution in [0.3, 0.4) is 0 Å². The quantitative estimate of drug-likeness (QED) is 0.296. The number of esters is 2. The Balaban J connectivity index is 3.01. The molecule has 0 unspecified atom stereocenters. The lowest BCUT2D eigenvalue weighted by atomic mass is 10.2. The standard InChI is InChI=1S/C10H14N2O7/c1-18-9(14)7-3-6(13)4-11(7)5-8(12(16)17)10(15)19-2/h5-7,13H,3-4H2,1-2H3/b8-5-/t6-,7+/m1/s1. The number of hydrogen-bond acceptors (Lipinski definition) is 8. The summed E-state index contributed by atoms with van der Waals surface area (Å²) < 4.78 is 8.81. The number of β-amino-alcohol motifs (C(OH)–C–C–N with tert-alkyl or cyclic N) is 1. The van der Waals surface area contributed by atoms with Crippen LogP contribution in [0.2, 0.25) is 0 Å². The van der Waals surface area contributed by atoms with E-state index >= 15 is 0 Å². The van der Waals surface area contributed by atoms with Crippen molar-refractivity contribution in [2.45, 2.75) is 18.6 Å². The molecule has 2 atom stereocenters. The Kier molecular flexibility index (Phi) is 4.81. The third-order valence-electron chi connectivity index (χ3n) is 2.67. The summed E-state index contributed by atoms with van der Waals surface area (Å²) in [4.78, 5) is 33.7. The molecule has 0 aromatic rings. The smallest absolute Gasteiger partial charge is 0.411 e. The Morgan fingerprint density at radius 1 is 1.42 bits per heavy atom. The molecule has 0 spiro atoms. The highest BCUT2D eigenvalue weighted by Crippen LogP contribution is 2.20. The Labute approximate surface area is 108 Å². The third kappa shape index (κ3) is 3.41. The van der Waals surface area contributed by atoms with Crippen LogP contribution in [-0.2, 0) is 19.1 Å². The topological polar surface area (TPSA) is 119 Å². The number of ether oxygens (including phenoxy) is 2. The number of carbonyl (C=O) groups excluding carboxylic acids is 2. The van der Waals surface area contributed by atoms with Crippen LogP contribution in [0.15, 0.2) is 11.9 Å². The SMILES string of the molecule is COC(=O)/C(=C/N1C[C@H](O)C[C@H]1C(=O)OC)[N+](=O)[O-]. The van der Waals surface area contributed by atoms with Crippen LogP contribution in [0.1, 0.15) is 6.42 Å². The monoisotopic (exact) mass is 274 g/mol. The maximum Gasteiger partial charge on any atom is 0.411 e. The number of aliphatic hydroxyl groups is 1. The first-order valence-corrected chi connectivity index (χ1v) is 5.36. The molecule has 1 N–H and O–H groups in total. The van der Waals surface area contributed by atoms with Crippen molar-refractivity contribution < 1.29 is 29.1 Å². The van der Waals surface area contributed by atoms with E-state index in [-0.39, 0.29) is 13.0 Å². The van der Waals surface area contributed by atoms with Crippen LogP contribution in [-0.4, -0.2) is 59.8 Å². The van der Waals surface area contributed by atoms with Crippen LogP contribution >= 0.6 is 0 Å². The molecule has 1 heterocycles. The molecule has 1 fully saturated rings. The largest absolute Gasteiger partial charge is 0.467 e. The van der Waals surface area contributed by atoms with Gasteiger partial charge in [0.25, 0.3) is 0 Å². The zero-order chi connectivity index (χ0) is 14.6. The summed E-state index contributed by atoms with van der Waals surface area (Å²) in [5.41, 5.74) is -0.814. The third-order valence-corrected chi connectivity index (χ3v) is 2.67. The number of methoxy groups -OCH3 is 2. The number of carbonyl (C=O) groups is 2. The fraction of sp³-hybridized carbons (Fsp3) is 0.600. The molecule has 1 aliphatic rings. The summed E-state index contributed by atoms with van der Waals surface area (Å²) in [5, 5.41) is 20.2. The van der Waals surface area contributed by atoms with Crippen molar-refractivity contribution in [1.29, 1.82) is 0 Å². The van der Waals surface area contributed by atoms with Gasteiger partial charge in [0.05, 0.1) is 31.4 Å². The van der Waals surface area contributed by atoms with E-state index in [9.17, 15) is 24.8 Å². The molecule has 0 bridgehead atoms. The molecular weight excluding hydrogens is 260 g/mol. The van der Waals surface area contributed by atoms with Gasteiger partial charge in [0.1, 0.15) is 6.04 Å². The lowest BCUT2D eigenvalue weighted by Crippen LogP contribution is -2.34. The molecule has 9 heteroatoms. The zero-order valence-corrected chi connectivity index (χ0v) is 10.4. The van der Waals surface area contributed by atoms with Gasteiger partial charge in [0, 0.05) is 13.0 Å². The van der Waals surface area contributed by atoms with E-state index in [0.717, 1.165) is 13.3 Å². The second-order valence-electron chi connectivity index (χ2n) is 3.89. The van der Waals surface area contributed by atoms with Crippen molar-refractivity contribution in [3.05, 3.63) is 22.0 Å². The molecule has 0 saturated carbocycles. The van der Waals surface area contributed by atoms with E-state index in [0.29, 0.717) is 0 Å². The van der Waals surface area contributed by atoms with Crippen LogP contribution < -0.4 is 0 Å². The number of nitrogens with zero attached hydrogens (tertiary/aromatic N) is 2. The number of likely N-dealkylation sites (tertiary alicyclic amines) is 1. The van der Waals surface area contributed by atoms with E-state index < -0.39 is 34.7 Å². The maximum atomic E-state index is 11.5. The molecule has 9 nitrogen and oxygen atoms in total. The Bertz CT molecular complexity index is 420. The van der Waals surface area contributed by atoms with Crippen molar-refractivity contribution in [3.63, 3.8) is 0 Å². The minimum Gasteiger partial charge on any atom is -0.467 e. The van der Waals surface area contributed by atoms with Gasteiger partial charge in [-0.05, 0) is 0 Å². The van der Waals surface area contributed by atoms with Crippen LogP contribution in [0.5, 0.6) is 0 Å².